The van der Waals surface area contributed by atoms with Crippen molar-refractivity contribution in [3.63, 3.8) is 0 Å². The molecule has 2 aromatic heterocycles. The molecule has 1 fully saturated rings. The molecule has 0 amide bonds. The van der Waals surface area contributed by atoms with Gasteiger partial charge in [0.15, 0.2) is 5.11 Å². The summed E-state index contributed by atoms with van der Waals surface area (Å²) >= 11 is 18.8. The van der Waals surface area contributed by atoms with Gasteiger partial charge >= 0.3 is 0 Å². The quantitative estimate of drug-likeness (QED) is 0.207. The summed E-state index contributed by atoms with van der Waals surface area (Å²) in [7, 11) is 1.63. The minimum absolute atomic E-state index is 0.192. The van der Waals surface area contributed by atoms with Gasteiger partial charge < -0.3 is 24.3 Å². The van der Waals surface area contributed by atoms with Crippen LogP contribution in [0.1, 0.15) is 23.5 Å². The van der Waals surface area contributed by atoms with Crippen molar-refractivity contribution in [2.45, 2.75) is 12.1 Å². The number of halogens is 2. The molecular weight excluding hydrogens is 515 g/mol. The lowest BCUT2D eigenvalue weighted by molar-refractivity contribution is 0.146. The predicted molar refractivity (Wildman–Crippen MR) is 148 cm³/mol. The first kappa shape index (κ1) is 24.6. The van der Waals surface area contributed by atoms with E-state index in [4.69, 9.17) is 44.9 Å². The molecule has 36 heavy (non-hydrogen) atoms. The monoisotopic (exact) mass is 538 g/mol. The zero-order valence-electron chi connectivity index (χ0n) is 19.5. The molecule has 0 bridgehead atoms. The summed E-state index contributed by atoms with van der Waals surface area (Å²) in [5.74, 6) is 0.593. The van der Waals surface area contributed by atoms with Crippen molar-refractivity contribution < 1.29 is 9.47 Å². The average Bonchev–Trinajstić information content (AvgIpc) is 3.50. The minimum atomic E-state index is -0.210. The number of hydrogen-bond donors (Lipinski definition) is 1. The van der Waals surface area contributed by atoms with Crippen LogP contribution in [0.15, 0.2) is 85.2 Å². The summed E-state index contributed by atoms with van der Waals surface area (Å²) in [6.45, 7) is 0.892. The molecule has 0 spiro atoms. The highest BCUT2D eigenvalue weighted by atomic mass is 35.5. The molecule has 2 aromatic carbocycles. The fourth-order valence-corrected chi connectivity index (χ4v) is 5.18. The van der Waals surface area contributed by atoms with Gasteiger partial charge in [0, 0.05) is 41.6 Å². The summed E-state index contributed by atoms with van der Waals surface area (Å²) in [5, 5.41) is 5.23. The van der Waals surface area contributed by atoms with Crippen LogP contribution in [0.2, 0.25) is 10.0 Å². The Bertz CT molecular complexity index is 1360. The van der Waals surface area contributed by atoms with Crippen LogP contribution in [0.4, 0.5) is 5.69 Å². The molecule has 0 saturated carbocycles. The fraction of sp³-hybridized carbons (Fsp3) is 0.185. The van der Waals surface area contributed by atoms with Gasteiger partial charge in [-0.1, -0.05) is 35.3 Å². The second-order valence-corrected chi connectivity index (χ2v) is 9.47. The summed E-state index contributed by atoms with van der Waals surface area (Å²) in [5.41, 5.74) is 3.72. The highest BCUT2D eigenvalue weighted by Gasteiger charge is 2.42. The van der Waals surface area contributed by atoms with E-state index in [1.54, 1.807) is 13.3 Å². The van der Waals surface area contributed by atoms with Crippen molar-refractivity contribution in [1.29, 1.82) is 0 Å². The highest BCUT2D eigenvalue weighted by Crippen LogP contribution is 2.43. The fourth-order valence-electron chi connectivity index (χ4n) is 4.42. The first-order chi connectivity index (χ1) is 17.6. The molecule has 0 aliphatic carbocycles. The smallest absolute Gasteiger partial charge is 0.174 e. The number of nitrogens with one attached hydrogen (secondary N) is 1. The van der Waals surface area contributed by atoms with Gasteiger partial charge in [0.1, 0.15) is 18.4 Å². The van der Waals surface area contributed by atoms with Crippen molar-refractivity contribution in [3.05, 3.63) is 107 Å². The van der Waals surface area contributed by atoms with Crippen LogP contribution in [0.5, 0.6) is 5.75 Å². The Morgan fingerprint density at radius 2 is 1.86 bits per heavy atom. The van der Waals surface area contributed by atoms with Gasteiger partial charge in [0.05, 0.1) is 23.4 Å². The van der Waals surface area contributed by atoms with Gasteiger partial charge in [-0.3, -0.25) is 4.98 Å². The Kier molecular flexibility index (Phi) is 7.43. The zero-order chi connectivity index (χ0) is 25.1. The first-order valence-electron chi connectivity index (χ1n) is 11.4. The lowest BCUT2D eigenvalue weighted by atomic mass is 10.0. The first-order valence-corrected chi connectivity index (χ1v) is 12.6. The van der Waals surface area contributed by atoms with E-state index < -0.39 is 0 Å². The third kappa shape index (κ3) is 4.92. The molecule has 2 atom stereocenters. The van der Waals surface area contributed by atoms with Gasteiger partial charge in [-0.2, -0.15) is 0 Å². The Labute approximate surface area is 225 Å². The van der Waals surface area contributed by atoms with Crippen LogP contribution in [0.3, 0.4) is 0 Å². The average molecular weight is 539 g/mol. The number of ether oxygens (including phenoxy) is 2. The number of anilines is 1. The largest absolute Gasteiger partial charge is 0.490 e. The molecule has 1 N–H and O–H groups in total. The molecule has 1 aliphatic rings. The third-order valence-electron chi connectivity index (χ3n) is 6.01. The predicted octanol–water partition coefficient (Wildman–Crippen LogP) is 6.38. The summed E-state index contributed by atoms with van der Waals surface area (Å²) < 4.78 is 12.9. The Hall–Kier alpha value is -3.10. The van der Waals surface area contributed by atoms with E-state index in [2.05, 4.69) is 25.8 Å². The van der Waals surface area contributed by atoms with Crippen molar-refractivity contribution in [2.75, 3.05) is 25.2 Å². The maximum Gasteiger partial charge on any atom is 0.174 e. The molecule has 5 rings (SSSR count). The maximum atomic E-state index is 6.62. The number of aromatic nitrogens is 2. The molecule has 1 saturated heterocycles. The summed E-state index contributed by atoms with van der Waals surface area (Å²) in [6.07, 6.45) is 3.81. The van der Waals surface area contributed by atoms with E-state index >= 15 is 0 Å². The molecule has 0 unspecified atom stereocenters. The van der Waals surface area contributed by atoms with Crippen molar-refractivity contribution in [2.24, 2.45) is 0 Å². The van der Waals surface area contributed by atoms with E-state index in [0.29, 0.717) is 34.1 Å². The van der Waals surface area contributed by atoms with Crippen LogP contribution in [0.25, 0.3) is 5.69 Å². The molecule has 3 heterocycles. The SMILES string of the molecule is COCCOc1ccc(N2C(=S)N[C@H](c3ccccn3)[C@@H]2c2cccn2-c2cccc(Cl)c2)cc1Cl. The lowest BCUT2D eigenvalue weighted by Gasteiger charge is -2.29. The molecule has 1 aliphatic heterocycles. The molecular formula is C27H24Cl2N4O2S. The van der Waals surface area contributed by atoms with E-state index in [9.17, 15) is 0 Å². The number of benzene rings is 2. The van der Waals surface area contributed by atoms with E-state index in [1.807, 2.05) is 72.9 Å². The van der Waals surface area contributed by atoms with E-state index in [-0.39, 0.29) is 12.1 Å². The van der Waals surface area contributed by atoms with Crippen molar-refractivity contribution in [3.8, 4) is 11.4 Å². The van der Waals surface area contributed by atoms with Gasteiger partial charge in [0.25, 0.3) is 0 Å². The number of methoxy groups -OCH3 is 1. The summed E-state index contributed by atoms with van der Waals surface area (Å²) in [6, 6.07) is 23.1. The second-order valence-electron chi connectivity index (χ2n) is 8.24. The molecule has 6 nitrogen and oxygen atoms in total. The Morgan fingerprint density at radius 3 is 2.61 bits per heavy atom. The normalized spacial score (nSPS) is 17.3. The van der Waals surface area contributed by atoms with Crippen LogP contribution in [-0.4, -0.2) is 35.0 Å². The van der Waals surface area contributed by atoms with E-state index in [1.165, 1.54) is 0 Å². The summed E-state index contributed by atoms with van der Waals surface area (Å²) in [4.78, 5) is 6.72. The highest BCUT2D eigenvalue weighted by molar-refractivity contribution is 7.80. The number of rotatable bonds is 8. The van der Waals surface area contributed by atoms with Gasteiger partial charge in [-0.25, -0.2) is 0 Å². The van der Waals surface area contributed by atoms with Gasteiger partial charge in [0.2, 0.25) is 0 Å². The minimum Gasteiger partial charge on any atom is -0.490 e. The Balaban J connectivity index is 1.59. The molecule has 4 aromatic rings. The van der Waals surface area contributed by atoms with Crippen molar-refractivity contribution >= 4 is 46.2 Å². The standard InChI is InChI=1S/C27H24Cl2N4O2S/c1-34-14-15-35-24-11-10-20(17-21(24)29)33-26(25(31-27(33)36)22-8-2-3-12-30-22)23-9-5-13-32(23)19-7-4-6-18(28)16-19/h2-13,16-17,25-26H,14-15H2,1H3,(H,31,36)/t25-,26+/m1/s1. The molecule has 9 heteroatoms. The molecule has 184 valence electrons. The lowest BCUT2D eigenvalue weighted by Crippen LogP contribution is -2.30. The zero-order valence-corrected chi connectivity index (χ0v) is 21.8. The number of nitrogens with zero attached hydrogens (tertiary/aromatic N) is 3. The maximum absolute atomic E-state index is 6.62. The number of hydrogen-bond acceptors (Lipinski definition) is 4. The topological polar surface area (TPSA) is 51.6 Å². The number of thiocarbonyl (C=S) groups is 1. The third-order valence-corrected chi connectivity index (χ3v) is 6.85. The number of pyridine rings is 1. The Morgan fingerprint density at radius 1 is 0.972 bits per heavy atom. The second kappa shape index (κ2) is 10.9. The van der Waals surface area contributed by atoms with Crippen molar-refractivity contribution in [1.82, 2.24) is 14.9 Å². The van der Waals surface area contributed by atoms with Crippen LogP contribution in [-0.2, 0) is 4.74 Å². The van der Waals surface area contributed by atoms with Gasteiger partial charge in [-0.05, 0) is 72.9 Å². The van der Waals surface area contributed by atoms with Crippen LogP contribution >= 0.6 is 35.4 Å². The van der Waals surface area contributed by atoms with E-state index in [0.717, 1.165) is 22.8 Å². The van der Waals surface area contributed by atoms with Gasteiger partial charge in [-0.15, -0.1) is 0 Å². The molecule has 0 radical (unpaired) electrons. The van der Waals surface area contributed by atoms with Crippen LogP contribution < -0.4 is 15.0 Å². The van der Waals surface area contributed by atoms with Crippen LogP contribution in [0, 0.1) is 0 Å².